The molecule has 0 aromatic carbocycles. The van der Waals surface area contributed by atoms with Crippen molar-refractivity contribution in [3.63, 3.8) is 0 Å². The summed E-state index contributed by atoms with van der Waals surface area (Å²) in [4.78, 5) is 41.1. The summed E-state index contributed by atoms with van der Waals surface area (Å²) >= 11 is 1.49. The summed E-state index contributed by atoms with van der Waals surface area (Å²) in [6.07, 6.45) is 2.76. The molecule has 4 amide bonds. The summed E-state index contributed by atoms with van der Waals surface area (Å²) in [6, 6.07) is -0.615. The highest BCUT2D eigenvalue weighted by Crippen LogP contribution is 2.49. The number of imide groups is 2. The molecule has 1 aliphatic heterocycles. The average molecular weight is 279 g/mol. The number of hydrogen-bond donors (Lipinski definition) is 1. The molecule has 1 unspecified atom stereocenters. The second-order valence-electron chi connectivity index (χ2n) is 5.03. The Morgan fingerprint density at radius 1 is 1.47 bits per heavy atom. The minimum Gasteiger partial charge on any atom is -0.277 e. The van der Waals surface area contributed by atoms with Crippen molar-refractivity contribution < 1.29 is 14.4 Å². The molecule has 1 saturated carbocycles. The third kappa shape index (κ3) is 1.85. The number of nitrogens with zero attached hydrogens (tertiary/aromatic N) is 2. The van der Waals surface area contributed by atoms with E-state index in [1.165, 1.54) is 11.3 Å². The number of nitrogens with one attached hydrogen (secondary N) is 1. The molecule has 0 radical (unpaired) electrons. The monoisotopic (exact) mass is 279 g/mol. The normalized spacial score (nSPS) is 22.6. The standard InChI is InChI=1S/C12H13N3O3S/c1-7(8-13-4-5-19-8)6-15-10(17)12(2-3-12)9(16)14-11(15)18/h4-5,7H,2-3,6H2,1H3,(H,14,16,18). The van der Waals surface area contributed by atoms with Crippen molar-refractivity contribution >= 4 is 29.2 Å². The van der Waals surface area contributed by atoms with Crippen LogP contribution >= 0.6 is 11.3 Å². The molecule has 1 aromatic heterocycles. The Labute approximate surface area is 113 Å². The molecule has 1 saturated heterocycles. The van der Waals surface area contributed by atoms with Crippen LogP contribution in [0.4, 0.5) is 4.79 Å². The van der Waals surface area contributed by atoms with Crippen molar-refractivity contribution in [2.45, 2.75) is 25.7 Å². The molecule has 1 spiro atoms. The van der Waals surface area contributed by atoms with Gasteiger partial charge in [-0.15, -0.1) is 11.3 Å². The van der Waals surface area contributed by atoms with Gasteiger partial charge in [-0.25, -0.2) is 9.78 Å². The van der Waals surface area contributed by atoms with Crippen LogP contribution in [0.25, 0.3) is 0 Å². The summed E-state index contributed by atoms with van der Waals surface area (Å²) < 4.78 is 0. The molecule has 1 N–H and O–H groups in total. The lowest BCUT2D eigenvalue weighted by Gasteiger charge is -2.31. The van der Waals surface area contributed by atoms with E-state index in [-0.39, 0.29) is 18.4 Å². The van der Waals surface area contributed by atoms with Crippen molar-refractivity contribution in [3.05, 3.63) is 16.6 Å². The number of amides is 4. The van der Waals surface area contributed by atoms with Crippen LogP contribution in [-0.4, -0.2) is 34.3 Å². The number of thiazole rings is 1. The van der Waals surface area contributed by atoms with Crippen molar-refractivity contribution in [2.24, 2.45) is 5.41 Å². The van der Waals surface area contributed by atoms with Gasteiger partial charge in [-0.1, -0.05) is 6.92 Å². The minimum absolute atomic E-state index is 0.0290. The highest BCUT2D eigenvalue weighted by molar-refractivity contribution is 7.09. The molecular formula is C12H13N3O3S. The van der Waals surface area contributed by atoms with Crippen LogP contribution in [0.5, 0.6) is 0 Å². The van der Waals surface area contributed by atoms with Gasteiger partial charge in [-0.3, -0.25) is 19.8 Å². The zero-order valence-electron chi connectivity index (χ0n) is 10.4. The lowest BCUT2D eigenvalue weighted by Crippen LogP contribution is -2.59. The van der Waals surface area contributed by atoms with Crippen molar-refractivity contribution in [1.82, 2.24) is 15.2 Å². The summed E-state index contributed by atoms with van der Waals surface area (Å²) in [5, 5.41) is 5.01. The first-order valence-corrected chi connectivity index (χ1v) is 6.99. The van der Waals surface area contributed by atoms with Gasteiger partial charge in [0.15, 0.2) is 0 Å². The van der Waals surface area contributed by atoms with E-state index in [9.17, 15) is 14.4 Å². The largest absolute Gasteiger partial charge is 0.330 e. The molecule has 19 heavy (non-hydrogen) atoms. The van der Waals surface area contributed by atoms with Crippen LogP contribution < -0.4 is 5.32 Å². The number of barbiturate groups is 1. The summed E-state index contributed by atoms with van der Waals surface area (Å²) in [5.74, 6) is -0.830. The number of rotatable bonds is 3. The molecule has 0 bridgehead atoms. The molecule has 1 aliphatic carbocycles. The van der Waals surface area contributed by atoms with E-state index in [4.69, 9.17) is 0 Å². The third-order valence-electron chi connectivity index (χ3n) is 3.63. The van der Waals surface area contributed by atoms with Crippen LogP contribution in [0.3, 0.4) is 0 Å². The van der Waals surface area contributed by atoms with E-state index in [1.807, 2.05) is 12.3 Å². The lowest BCUT2D eigenvalue weighted by molar-refractivity contribution is -0.144. The number of carbonyl (C=O) groups excluding carboxylic acids is 3. The maximum Gasteiger partial charge on any atom is 0.330 e. The first-order chi connectivity index (χ1) is 9.04. The first-order valence-electron chi connectivity index (χ1n) is 6.11. The number of carbonyl (C=O) groups is 3. The molecule has 2 aliphatic rings. The highest BCUT2D eigenvalue weighted by Gasteiger charge is 2.62. The van der Waals surface area contributed by atoms with Crippen LogP contribution in [0.15, 0.2) is 11.6 Å². The fourth-order valence-electron chi connectivity index (χ4n) is 2.29. The summed E-state index contributed by atoms with van der Waals surface area (Å²) in [7, 11) is 0. The number of aromatic nitrogens is 1. The summed E-state index contributed by atoms with van der Waals surface area (Å²) in [6.45, 7) is 2.17. The van der Waals surface area contributed by atoms with Crippen LogP contribution in [0, 0.1) is 5.41 Å². The predicted octanol–water partition coefficient (Wildman–Crippen LogP) is 1.11. The Morgan fingerprint density at radius 3 is 2.79 bits per heavy atom. The summed E-state index contributed by atoms with van der Waals surface area (Å²) in [5.41, 5.74) is -0.962. The van der Waals surface area contributed by atoms with Crippen molar-refractivity contribution in [3.8, 4) is 0 Å². The zero-order chi connectivity index (χ0) is 13.6. The van der Waals surface area contributed by atoms with Gasteiger partial charge in [0.1, 0.15) is 5.41 Å². The number of hydrogen-bond acceptors (Lipinski definition) is 5. The van der Waals surface area contributed by atoms with Crippen LogP contribution in [-0.2, 0) is 9.59 Å². The SMILES string of the molecule is CC(CN1C(=O)NC(=O)C2(CC2)C1=O)c1nccs1. The molecule has 2 heterocycles. The fourth-order valence-corrected chi connectivity index (χ4v) is 2.98. The molecule has 6 nitrogen and oxygen atoms in total. The van der Waals surface area contributed by atoms with Gasteiger partial charge in [-0.2, -0.15) is 0 Å². The first kappa shape index (κ1) is 12.3. The Bertz CT molecular complexity index is 551. The Kier molecular flexibility index (Phi) is 2.67. The molecule has 1 aromatic rings. The molecule has 1 atom stereocenters. The fraction of sp³-hybridized carbons (Fsp3) is 0.500. The molecular weight excluding hydrogens is 266 g/mol. The van der Waals surface area contributed by atoms with Gasteiger partial charge >= 0.3 is 6.03 Å². The van der Waals surface area contributed by atoms with E-state index in [2.05, 4.69) is 10.3 Å². The topological polar surface area (TPSA) is 79.4 Å². The lowest BCUT2D eigenvalue weighted by atomic mass is 10.0. The van der Waals surface area contributed by atoms with E-state index < -0.39 is 17.4 Å². The van der Waals surface area contributed by atoms with E-state index >= 15 is 0 Å². The van der Waals surface area contributed by atoms with E-state index in [1.54, 1.807) is 6.20 Å². The molecule has 3 rings (SSSR count). The third-order valence-corrected chi connectivity index (χ3v) is 4.64. The maximum atomic E-state index is 12.3. The number of urea groups is 1. The van der Waals surface area contributed by atoms with E-state index in [0.29, 0.717) is 12.8 Å². The van der Waals surface area contributed by atoms with Crippen molar-refractivity contribution in [2.75, 3.05) is 6.54 Å². The second-order valence-corrected chi connectivity index (χ2v) is 5.95. The van der Waals surface area contributed by atoms with Gasteiger partial charge in [0.05, 0.1) is 5.01 Å². The van der Waals surface area contributed by atoms with Gasteiger partial charge in [0.25, 0.3) is 0 Å². The smallest absolute Gasteiger partial charge is 0.277 e. The zero-order valence-corrected chi connectivity index (χ0v) is 11.2. The highest BCUT2D eigenvalue weighted by atomic mass is 32.1. The Hall–Kier alpha value is -1.76. The maximum absolute atomic E-state index is 12.3. The van der Waals surface area contributed by atoms with Crippen LogP contribution in [0.1, 0.15) is 30.7 Å². The van der Waals surface area contributed by atoms with Gasteiger partial charge < -0.3 is 0 Å². The Balaban J connectivity index is 1.78. The van der Waals surface area contributed by atoms with E-state index in [0.717, 1.165) is 9.91 Å². The minimum atomic E-state index is -0.962. The molecule has 2 fully saturated rings. The average Bonchev–Trinajstić information content (AvgIpc) is 3.00. The molecule has 7 heteroatoms. The van der Waals surface area contributed by atoms with Crippen LogP contribution in [0.2, 0.25) is 0 Å². The van der Waals surface area contributed by atoms with Gasteiger partial charge in [0, 0.05) is 24.0 Å². The predicted molar refractivity (Wildman–Crippen MR) is 67.4 cm³/mol. The van der Waals surface area contributed by atoms with Gasteiger partial charge in [-0.05, 0) is 12.8 Å². The second kappa shape index (κ2) is 4.12. The van der Waals surface area contributed by atoms with Gasteiger partial charge in [0.2, 0.25) is 11.8 Å². The molecule has 100 valence electrons. The van der Waals surface area contributed by atoms with Crippen molar-refractivity contribution in [1.29, 1.82) is 0 Å². The Morgan fingerprint density at radius 2 is 2.21 bits per heavy atom. The quantitative estimate of drug-likeness (QED) is 0.840.